The Morgan fingerprint density at radius 2 is 2.17 bits per heavy atom. The van der Waals surface area contributed by atoms with Crippen LogP contribution in [0, 0.1) is 0 Å². The van der Waals surface area contributed by atoms with Gasteiger partial charge in [-0.15, -0.1) is 4.47 Å². The number of nitrogens with zero attached hydrogens (tertiary/aromatic N) is 3. The summed E-state index contributed by atoms with van der Waals surface area (Å²) in [6.07, 6.45) is 5.92. The standard InChI is InChI=1S/C15H20N4O4S/c1-13(20)16-14-5-3-6-15(11-14)19(21)24(22,23)10-4-7-18-9-8-17(2)12-18/h3,5-6,8-9,11-12,21H,4,7,10H2,1-2H3/p+1. The summed E-state index contributed by atoms with van der Waals surface area (Å²) >= 11 is 0. The van der Waals surface area contributed by atoms with Crippen LogP contribution >= 0.6 is 0 Å². The lowest BCUT2D eigenvalue weighted by Crippen LogP contribution is -2.30. The van der Waals surface area contributed by atoms with Crippen LogP contribution in [0.3, 0.4) is 0 Å². The molecule has 0 atom stereocenters. The van der Waals surface area contributed by atoms with Crippen molar-refractivity contribution >= 4 is 27.3 Å². The number of aryl methyl sites for hydroxylation is 2. The summed E-state index contributed by atoms with van der Waals surface area (Å²) in [5.74, 6) is -0.477. The number of amides is 1. The first kappa shape index (κ1) is 18.0. The highest BCUT2D eigenvalue weighted by Gasteiger charge is 2.21. The van der Waals surface area contributed by atoms with Gasteiger partial charge in [-0.25, -0.2) is 17.6 Å². The maximum Gasteiger partial charge on any atom is 0.257 e. The van der Waals surface area contributed by atoms with Gasteiger partial charge in [0.25, 0.3) is 10.0 Å². The molecule has 1 aromatic heterocycles. The SMILES string of the molecule is CC(=O)Nc1cccc(N(O)S(=O)(=O)CCCn2cc[n+](C)c2)c1. The van der Waals surface area contributed by atoms with Crippen molar-refractivity contribution < 1.29 is 23.0 Å². The predicted molar refractivity (Wildman–Crippen MR) is 89.0 cm³/mol. The number of aromatic nitrogens is 2. The Hall–Kier alpha value is -2.39. The topological polar surface area (TPSA) is 95.5 Å². The zero-order valence-electron chi connectivity index (χ0n) is 13.6. The summed E-state index contributed by atoms with van der Waals surface area (Å²) in [5, 5.41) is 12.6. The molecule has 0 bridgehead atoms. The van der Waals surface area contributed by atoms with Gasteiger partial charge in [0.05, 0.1) is 25.0 Å². The van der Waals surface area contributed by atoms with E-state index in [1.165, 1.54) is 19.1 Å². The zero-order valence-corrected chi connectivity index (χ0v) is 14.4. The molecule has 1 amide bonds. The van der Waals surface area contributed by atoms with E-state index >= 15 is 0 Å². The Kier molecular flexibility index (Phi) is 5.58. The van der Waals surface area contributed by atoms with Crippen LogP contribution in [-0.2, 0) is 28.4 Å². The van der Waals surface area contributed by atoms with Gasteiger partial charge in [-0.3, -0.25) is 10.0 Å². The van der Waals surface area contributed by atoms with Gasteiger partial charge in [-0.2, -0.15) is 0 Å². The lowest BCUT2D eigenvalue weighted by molar-refractivity contribution is -0.671. The quantitative estimate of drug-likeness (QED) is 0.571. The number of benzene rings is 1. The highest BCUT2D eigenvalue weighted by Crippen LogP contribution is 2.21. The fourth-order valence-electron chi connectivity index (χ4n) is 2.22. The van der Waals surface area contributed by atoms with Crippen molar-refractivity contribution in [2.45, 2.75) is 19.9 Å². The molecule has 2 N–H and O–H groups in total. The summed E-state index contributed by atoms with van der Waals surface area (Å²) in [6, 6.07) is 6.01. The molecule has 0 spiro atoms. The first-order chi connectivity index (χ1) is 11.3. The third-order valence-corrected chi connectivity index (χ3v) is 4.84. The van der Waals surface area contributed by atoms with Gasteiger partial charge in [0.15, 0.2) is 0 Å². The molecule has 2 rings (SSSR count). The number of carbonyl (C=O) groups excluding carboxylic acids is 1. The smallest absolute Gasteiger partial charge is 0.257 e. The molecule has 0 aliphatic carbocycles. The maximum absolute atomic E-state index is 12.2. The Morgan fingerprint density at radius 3 is 2.79 bits per heavy atom. The van der Waals surface area contributed by atoms with Gasteiger partial charge in [0.1, 0.15) is 12.4 Å². The average molecular weight is 353 g/mol. The fourth-order valence-corrected chi connectivity index (χ4v) is 3.32. The third kappa shape index (κ3) is 4.80. The average Bonchev–Trinajstić information content (AvgIpc) is 2.91. The van der Waals surface area contributed by atoms with Gasteiger partial charge >= 0.3 is 0 Å². The molecule has 0 unspecified atom stereocenters. The van der Waals surface area contributed by atoms with Crippen LogP contribution in [0.4, 0.5) is 11.4 Å². The second kappa shape index (κ2) is 7.45. The lowest BCUT2D eigenvalue weighted by atomic mass is 10.3. The number of hydrogen-bond donors (Lipinski definition) is 2. The molecule has 0 saturated heterocycles. The first-order valence-corrected chi connectivity index (χ1v) is 8.99. The molecule has 1 heterocycles. The Morgan fingerprint density at radius 1 is 1.42 bits per heavy atom. The maximum atomic E-state index is 12.2. The summed E-state index contributed by atoms with van der Waals surface area (Å²) in [5.41, 5.74) is 0.489. The highest BCUT2D eigenvalue weighted by atomic mass is 32.2. The summed E-state index contributed by atoms with van der Waals surface area (Å²) < 4.78 is 28.5. The second-order valence-electron chi connectivity index (χ2n) is 5.46. The molecule has 1 aromatic carbocycles. The molecule has 0 fully saturated rings. The van der Waals surface area contributed by atoms with E-state index in [0.717, 1.165) is 0 Å². The molecule has 9 heteroatoms. The van der Waals surface area contributed by atoms with Crippen LogP contribution < -0.4 is 14.4 Å². The van der Waals surface area contributed by atoms with Crippen molar-refractivity contribution in [1.82, 2.24) is 4.57 Å². The minimum Gasteiger partial charge on any atom is -0.326 e. The number of hydrogen-bond acceptors (Lipinski definition) is 4. The number of anilines is 2. The van der Waals surface area contributed by atoms with Crippen molar-refractivity contribution in [2.75, 3.05) is 15.5 Å². The van der Waals surface area contributed by atoms with E-state index in [0.29, 0.717) is 18.7 Å². The van der Waals surface area contributed by atoms with Crippen LogP contribution in [-0.4, -0.2) is 29.9 Å². The fraction of sp³-hybridized carbons (Fsp3) is 0.333. The van der Waals surface area contributed by atoms with E-state index in [1.54, 1.807) is 12.1 Å². The van der Waals surface area contributed by atoms with Crippen molar-refractivity contribution in [3.8, 4) is 0 Å². The predicted octanol–water partition coefficient (Wildman–Crippen LogP) is 0.887. The van der Waals surface area contributed by atoms with Gasteiger partial charge in [-0.05, 0) is 18.2 Å². The highest BCUT2D eigenvalue weighted by molar-refractivity contribution is 7.92. The zero-order chi connectivity index (χ0) is 17.7. The van der Waals surface area contributed by atoms with Crippen LogP contribution in [0.15, 0.2) is 43.0 Å². The van der Waals surface area contributed by atoms with Crippen LogP contribution in [0.1, 0.15) is 13.3 Å². The number of carbonyl (C=O) groups is 1. The largest absolute Gasteiger partial charge is 0.326 e. The molecule has 8 nitrogen and oxygen atoms in total. The van der Waals surface area contributed by atoms with Gasteiger partial charge in [0.2, 0.25) is 12.2 Å². The monoisotopic (exact) mass is 353 g/mol. The van der Waals surface area contributed by atoms with E-state index in [-0.39, 0.29) is 21.8 Å². The lowest BCUT2D eigenvalue weighted by Gasteiger charge is -2.17. The van der Waals surface area contributed by atoms with Crippen LogP contribution in [0.5, 0.6) is 0 Å². The van der Waals surface area contributed by atoms with Gasteiger partial charge in [0, 0.05) is 19.0 Å². The van der Waals surface area contributed by atoms with Crippen LogP contribution in [0.25, 0.3) is 0 Å². The van der Waals surface area contributed by atoms with Crippen molar-refractivity contribution in [2.24, 2.45) is 7.05 Å². The number of imidazole rings is 1. The minimum absolute atomic E-state index is 0.0774. The summed E-state index contributed by atoms with van der Waals surface area (Å²) in [6.45, 7) is 1.88. The van der Waals surface area contributed by atoms with E-state index in [1.807, 2.05) is 34.9 Å². The number of rotatable bonds is 7. The molecule has 0 aliphatic rings. The summed E-state index contributed by atoms with van der Waals surface area (Å²) in [7, 11) is -1.99. The molecule has 2 aromatic rings. The molecular formula is C15H21N4O4S+. The second-order valence-corrected chi connectivity index (χ2v) is 7.38. The minimum atomic E-state index is -3.87. The number of sulfonamides is 1. The normalized spacial score (nSPS) is 11.3. The van der Waals surface area contributed by atoms with Crippen molar-refractivity contribution in [3.63, 3.8) is 0 Å². The summed E-state index contributed by atoms with van der Waals surface area (Å²) in [4.78, 5) is 11.1. The Balaban J connectivity index is 2.01. The van der Waals surface area contributed by atoms with Gasteiger partial charge < -0.3 is 5.32 Å². The number of nitrogens with one attached hydrogen (secondary N) is 1. The van der Waals surface area contributed by atoms with E-state index < -0.39 is 10.0 Å². The molecule has 24 heavy (non-hydrogen) atoms. The molecule has 130 valence electrons. The first-order valence-electron chi connectivity index (χ1n) is 7.38. The third-order valence-electron chi connectivity index (χ3n) is 3.29. The molecule has 0 aliphatic heterocycles. The van der Waals surface area contributed by atoms with Crippen molar-refractivity contribution in [3.05, 3.63) is 43.0 Å². The van der Waals surface area contributed by atoms with E-state index in [2.05, 4.69) is 5.32 Å². The van der Waals surface area contributed by atoms with Crippen LogP contribution in [0.2, 0.25) is 0 Å². The van der Waals surface area contributed by atoms with Gasteiger partial charge in [-0.1, -0.05) is 6.07 Å². The molecule has 0 radical (unpaired) electrons. The van der Waals surface area contributed by atoms with E-state index in [9.17, 15) is 18.4 Å². The Labute approximate surface area is 141 Å². The molecule has 0 saturated carbocycles. The van der Waals surface area contributed by atoms with E-state index in [4.69, 9.17) is 0 Å². The molecular weight excluding hydrogens is 332 g/mol. The van der Waals surface area contributed by atoms with Crippen molar-refractivity contribution in [1.29, 1.82) is 0 Å². The Bertz CT molecular complexity index is 816.